The van der Waals surface area contributed by atoms with E-state index in [4.69, 9.17) is 15.9 Å². The minimum Gasteiger partial charge on any atom is -0.491 e. The van der Waals surface area contributed by atoms with E-state index in [9.17, 15) is 4.79 Å². The third-order valence-electron chi connectivity index (χ3n) is 3.90. The van der Waals surface area contributed by atoms with Gasteiger partial charge in [0, 0.05) is 30.7 Å². The number of allylic oxidation sites excluding steroid dienone is 1. The molecule has 0 saturated carbocycles. The number of pyridine rings is 1. The molecule has 1 aliphatic carbocycles. The highest BCUT2D eigenvalue weighted by Gasteiger charge is 2.27. The fraction of sp³-hybridized carbons (Fsp3) is 0.400. The minimum atomic E-state index is -0.282. The van der Waals surface area contributed by atoms with Crippen LogP contribution in [0.3, 0.4) is 0 Å². The van der Waals surface area contributed by atoms with Crippen LogP contribution in [0.4, 0.5) is 0 Å². The van der Waals surface area contributed by atoms with Crippen LogP contribution in [0.2, 0.25) is 0 Å². The van der Waals surface area contributed by atoms with Crippen molar-refractivity contribution >= 4 is 11.6 Å². The fourth-order valence-corrected chi connectivity index (χ4v) is 2.74. The largest absolute Gasteiger partial charge is 0.491 e. The topological polar surface area (TPSA) is 92.3 Å². The molecule has 1 aromatic rings. The second kappa shape index (κ2) is 5.55. The maximum absolute atomic E-state index is 12.5. The molecule has 1 amide bonds. The number of ether oxygens (including phenoxy) is 1. The number of nitrogens with zero attached hydrogens (tertiary/aromatic N) is 2. The van der Waals surface area contributed by atoms with Gasteiger partial charge in [0.05, 0.1) is 13.1 Å². The van der Waals surface area contributed by atoms with Gasteiger partial charge in [0.2, 0.25) is 0 Å². The van der Waals surface area contributed by atoms with E-state index in [1.807, 2.05) is 0 Å². The van der Waals surface area contributed by atoms with Crippen molar-refractivity contribution in [3.63, 3.8) is 0 Å². The molecule has 112 valence electrons. The number of nitrogens with two attached hydrogens (primary N) is 1. The Hall–Kier alpha value is -2.37. The first-order chi connectivity index (χ1) is 10.2. The van der Waals surface area contributed by atoms with Crippen LogP contribution >= 0.6 is 0 Å². The van der Waals surface area contributed by atoms with E-state index in [1.54, 1.807) is 23.4 Å². The molecule has 2 aliphatic rings. The third-order valence-corrected chi connectivity index (χ3v) is 3.90. The monoisotopic (exact) mass is 288 g/mol. The van der Waals surface area contributed by atoms with E-state index in [2.05, 4.69) is 4.98 Å². The van der Waals surface area contributed by atoms with Gasteiger partial charge in [-0.1, -0.05) is 0 Å². The molecule has 0 fully saturated rings. The lowest BCUT2D eigenvalue weighted by Gasteiger charge is -2.20. The van der Waals surface area contributed by atoms with Gasteiger partial charge in [0.15, 0.2) is 0 Å². The number of hydrogen-bond acceptors (Lipinski definition) is 5. The Kier molecular flexibility index (Phi) is 3.60. The number of aromatic nitrogens is 1. The number of rotatable bonds is 2. The molecule has 21 heavy (non-hydrogen) atoms. The van der Waals surface area contributed by atoms with Crippen molar-refractivity contribution in [1.29, 1.82) is 5.41 Å². The lowest BCUT2D eigenvalue weighted by Crippen LogP contribution is -2.38. The first-order valence-electron chi connectivity index (χ1n) is 7.08. The van der Waals surface area contributed by atoms with Crippen molar-refractivity contribution in [3.8, 4) is 5.75 Å². The average Bonchev–Trinajstić information content (AvgIpc) is 2.80. The maximum Gasteiger partial charge on any atom is 0.272 e. The summed E-state index contributed by atoms with van der Waals surface area (Å²) in [5.74, 6) is 0.474. The van der Waals surface area contributed by atoms with E-state index in [0.717, 1.165) is 30.6 Å². The van der Waals surface area contributed by atoms with E-state index >= 15 is 0 Å². The molecule has 6 heteroatoms. The third kappa shape index (κ3) is 2.61. The van der Waals surface area contributed by atoms with Crippen molar-refractivity contribution in [2.24, 2.45) is 5.73 Å². The van der Waals surface area contributed by atoms with E-state index in [-0.39, 0.29) is 13.0 Å². The van der Waals surface area contributed by atoms with Gasteiger partial charge in [-0.05, 0) is 25.3 Å². The van der Waals surface area contributed by atoms with Crippen molar-refractivity contribution in [3.05, 3.63) is 35.3 Å². The van der Waals surface area contributed by atoms with Crippen molar-refractivity contribution < 1.29 is 11.0 Å². The lowest BCUT2D eigenvalue weighted by molar-refractivity contribution is -0.124. The summed E-state index contributed by atoms with van der Waals surface area (Å²) in [4.78, 5) is 18.2. The average molecular weight is 288 g/mol. The van der Waals surface area contributed by atoms with Crippen LogP contribution in [0.5, 0.6) is 5.75 Å². The van der Waals surface area contributed by atoms with Crippen LogP contribution in [0.25, 0.3) is 0 Å². The highest BCUT2D eigenvalue weighted by atomic mass is 16.5. The van der Waals surface area contributed by atoms with Gasteiger partial charge >= 0.3 is 0 Å². The molecule has 3 N–H and O–H groups in total. The molecule has 0 spiro atoms. The van der Waals surface area contributed by atoms with Crippen molar-refractivity contribution in [2.75, 3.05) is 13.2 Å². The van der Waals surface area contributed by atoms with Gasteiger partial charge in [-0.15, -0.1) is 0 Å². The number of nitrogens with one attached hydrogen (secondary N) is 1. The van der Waals surface area contributed by atoms with E-state index < -0.39 is 0 Å². The number of carbonyl (C=O) groups is 1. The van der Waals surface area contributed by atoms with Crippen LogP contribution in [-0.4, -0.2) is 34.7 Å². The normalized spacial score (nSPS) is 18.0. The molecule has 6 nitrogen and oxygen atoms in total. The first kappa shape index (κ1) is 13.6. The second-order valence-electron chi connectivity index (χ2n) is 5.29. The van der Waals surface area contributed by atoms with Gasteiger partial charge in [-0.2, -0.15) is 0 Å². The Balaban J connectivity index is 0.00000176. The Bertz CT molecular complexity index is 630. The number of hydrogen-bond donors (Lipinski definition) is 2. The molecule has 3 rings (SSSR count). The van der Waals surface area contributed by atoms with E-state index in [1.165, 1.54) is 0 Å². The zero-order chi connectivity index (χ0) is 14.8. The quantitative estimate of drug-likeness (QED) is 0.806. The molecule has 1 aliphatic heterocycles. The predicted octanol–water partition coefficient (Wildman–Crippen LogP) is 1.47. The molecule has 0 radical (unpaired) electrons. The van der Waals surface area contributed by atoms with Gasteiger partial charge < -0.3 is 15.4 Å². The summed E-state index contributed by atoms with van der Waals surface area (Å²) in [6, 6.07) is 1.80. The summed E-state index contributed by atoms with van der Waals surface area (Å²) in [7, 11) is 0. The SMILES string of the molecule is N=C(C(=O)N1CCOc2ccncc2C1)C1=C(N)CCC1.[HH]. The Labute approximate surface area is 124 Å². The summed E-state index contributed by atoms with van der Waals surface area (Å²) < 4.78 is 5.61. The lowest BCUT2D eigenvalue weighted by atomic mass is 10.1. The van der Waals surface area contributed by atoms with Crippen molar-refractivity contribution in [1.82, 2.24) is 9.88 Å². The predicted molar refractivity (Wildman–Crippen MR) is 80.1 cm³/mol. The summed E-state index contributed by atoms with van der Waals surface area (Å²) in [5.41, 5.74) is 8.17. The zero-order valence-electron chi connectivity index (χ0n) is 11.8. The van der Waals surface area contributed by atoms with Crippen LogP contribution in [-0.2, 0) is 11.3 Å². The van der Waals surface area contributed by atoms with Crippen LogP contribution < -0.4 is 10.5 Å². The van der Waals surface area contributed by atoms with Crippen molar-refractivity contribution in [2.45, 2.75) is 25.8 Å². The molecular weight excluding hydrogens is 268 g/mol. The van der Waals surface area contributed by atoms with E-state index in [0.29, 0.717) is 31.0 Å². The highest BCUT2D eigenvalue weighted by Crippen LogP contribution is 2.25. The number of amides is 1. The standard InChI is InChI=1S/C15H18N4O2.H2/c16-12-3-1-2-11(12)14(17)15(20)19-6-7-21-13-4-5-18-8-10(13)9-19;/h4-5,8,17H,1-3,6-7,9,16H2;1H. The summed E-state index contributed by atoms with van der Waals surface area (Å²) in [6.07, 6.45) is 5.79. The molecule has 1 aromatic heterocycles. The number of fused-ring (bicyclic) bond motifs is 1. The van der Waals surface area contributed by atoms with Crippen LogP contribution in [0, 0.1) is 5.41 Å². The highest BCUT2D eigenvalue weighted by molar-refractivity contribution is 6.44. The zero-order valence-corrected chi connectivity index (χ0v) is 11.8. The molecule has 0 atom stereocenters. The van der Waals surface area contributed by atoms with Crippen LogP contribution in [0.1, 0.15) is 26.3 Å². The Morgan fingerprint density at radius 3 is 3.10 bits per heavy atom. The summed E-state index contributed by atoms with van der Waals surface area (Å²) >= 11 is 0. The molecule has 0 saturated heterocycles. The molecule has 2 heterocycles. The smallest absolute Gasteiger partial charge is 0.272 e. The first-order valence-corrected chi connectivity index (χ1v) is 7.08. The van der Waals surface area contributed by atoms with Gasteiger partial charge in [0.1, 0.15) is 18.1 Å². The Morgan fingerprint density at radius 1 is 1.48 bits per heavy atom. The molecule has 0 bridgehead atoms. The molecule has 0 unspecified atom stereocenters. The van der Waals surface area contributed by atoms with Gasteiger partial charge in [-0.3, -0.25) is 15.2 Å². The summed E-state index contributed by atoms with van der Waals surface area (Å²) in [5, 5.41) is 8.13. The fourth-order valence-electron chi connectivity index (χ4n) is 2.74. The molecule has 0 aromatic carbocycles. The minimum absolute atomic E-state index is 0. The number of carbonyl (C=O) groups excluding carboxylic acids is 1. The summed E-state index contributed by atoms with van der Waals surface area (Å²) in [6.45, 7) is 1.30. The maximum atomic E-state index is 12.5. The second-order valence-corrected chi connectivity index (χ2v) is 5.29. The van der Waals surface area contributed by atoms with Gasteiger partial charge in [0.25, 0.3) is 5.91 Å². The Morgan fingerprint density at radius 2 is 2.33 bits per heavy atom. The van der Waals surface area contributed by atoms with Gasteiger partial charge in [-0.25, -0.2) is 0 Å². The van der Waals surface area contributed by atoms with Crippen LogP contribution in [0.15, 0.2) is 29.7 Å². The molecular formula is C15H20N4O2.